The molecule has 2 aliphatic rings. The number of carbonyl (C=O) groups excluding carboxylic acids is 1. The molecule has 136 valence electrons. The van der Waals surface area contributed by atoms with Crippen LogP contribution in [0.5, 0.6) is 0 Å². The number of rotatable bonds is 6. The number of non-ortho nitro benzene ring substituents is 1. The van der Waals surface area contributed by atoms with Crippen LogP contribution in [-0.4, -0.2) is 59.4 Å². The summed E-state index contributed by atoms with van der Waals surface area (Å²) in [6, 6.07) is 6.59. The first-order valence-electron chi connectivity index (χ1n) is 9.12. The molecule has 0 saturated carbocycles. The first-order valence-corrected chi connectivity index (χ1v) is 9.12. The maximum absolute atomic E-state index is 12.1. The average molecular weight is 346 g/mol. The molecular formula is C18H26N4O3. The van der Waals surface area contributed by atoms with E-state index >= 15 is 0 Å². The minimum atomic E-state index is -0.446. The number of carbonyl (C=O) groups is 1. The molecular weight excluding hydrogens is 320 g/mol. The van der Waals surface area contributed by atoms with Crippen molar-refractivity contribution in [1.82, 2.24) is 9.80 Å². The van der Waals surface area contributed by atoms with Gasteiger partial charge in [-0.2, -0.15) is 0 Å². The summed E-state index contributed by atoms with van der Waals surface area (Å²) in [7, 11) is 0. The number of hydrogen-bond donors (Lipinski definition) is 1. The molecule has 2 saturated heterocycles. The molecule has 1 aromatic carbocycles. The van der Waals surface area contributed by atoms with Gasteiger partial charge in [0.05, 0.1) is 4.92 Å². The lowest BCUT2D eigenvalue weighted by Gasteiger charge is -2.37. The van der Waals surface area contributed by atoms with E-state index in [-0.39, 0.29) is 11.6 Å². The van der Waals surface area contributed by atoms with Crippen molar-refractivity contribution < 1.29 is 9.72 Å². The monoisotopic (exact) mass is 346 g/mol. The maximum Gasteiger partial charge on any atom is 0.269 e. The summed E-state index contributed by atoms with van der Waals surface area (Å²) in [5.74, 6) is -0.0443. The van der Waals surface area contributed by atoms with Crippen molar-refractivity contribution in [3.05, 3.63) is 34.4 Å². The van der Waals surface area contributed by atoms with E-state index in [2.05, 4.69) is 15.1 Å². The minimum absolute atomic E-state index is 0.0271. The van der Waals surface area contributed by atoms with Gasteiger partial charge < -0.3 is 10.2 Å². The van der Waals surface area contributed by atoms with Gasteiger partial charge in [0.1, 0.15) is 0 Å². The van der Waals surface area contributed by atoms with E-state index in [4.69, 9.17) is 0 Å². The zero-order valence-electron chi connectivity index (χ0n) is 14.5. The summed E-state index contributed by atoms with van der Waals surface area (Å²) in [6.07, 6.45) is 5.54. The second-order valence-corrected chi connectivity index (χ2v) is 6.94. The molecule has 1 aromatic rings. The van der Waals surface area contributed by atoms with Crippen LogP contribution in [0.2, 0.25) is 0 Å². The van der Waals surface area contributed by atoms with Crippen LogP contribution in [0, 0.1) is 10.1 Å². The number of benzene rings is 1. The molecule has 1 unspecified atom stereocenters. The number of nitrogens with zero attached hydrogens (tertiary/aromatic N) is 3. The lowest BCUT2D eigenvalue weighted by molar-refractivity contribution is -0.384. The molecule has 0 radical (unpaired) electrons. The molecule has 2 aliphatic heterocycles. The Kier molecular flexibility index (Phi) is 5.99. The molecule has 0 spiro atoms. The number of nitrogens with one attached hydrogen (secondary N) is 1. The molecule has 7 nitrogen and oxygen atoms in total. The Bertz CT molecular complexity index is 599. The molecule has 2 fully saturated rings. The third-order valence-corrected chi connectivity index (χ3v) is 5.15. The molecule has 1 atom stereocenters. The Morgan fingerprint density at radius 1 is 1.16 bits per heavy atom. The predicted octanol–water partition coefficient (Wildman–Crippen LogP) is 2.48. The van der Waals surface area contributed by atoms with E-state index < -0.39 is 4.92 Å². The Balaban J connectivity index is 1.42. The molecule has 0 aromatic heterocycles. The molecule has 7 heteroatoms. The summed E-state index contributed by atoms with van der Waals surface area (Å²) in [5.41, 5.74) is 0.628. The van der Waals surface area contributed by atoms with Crippen molar-refractivity contribution in [2.75, 3.05) is 38.0 Å². The predicted molar refractivity (Wildman–Crippen MR) is 96.6 cm³/mol. The van der Waals surface area contributed by atoms with Crippen LogP contribution < -0.4 is 5.32 Å². The first kappa shape index (κ1) is 17.8. The van der Waals surface area contributed by atoms with E-state index in [1.54, 1.807) is 12.1 Å². The number of likely N-dealkylation sites (tertiary alicyclic amines) is 2. The van der Waals surface area contributed by atoms with Crippen LogP contribution >= 0.6 is 0 Å². The lowest BCUT2D eigenvalue weighted by Crippen LogP contribution is -2.47. The Morgan fingerprint density at radius 3 is 2.56 bits per heavy atom. The van der Waals surface area contributed by atoms with Crippen LogP contribution in [0.25, 0.3) is 0 Å². The standard InChI is InChI=1S/C18H26N4O3/c23-18(19-15-5-7-16(8-6-15)22(24)25)9-13-20-10-3-4-17(14-20)21-11-1-2-12-21/h5-8,17H,1-4,9-14H2,(H,19,23). The largest absolute Gasteiger partial charge is 0.326 e. The van der Waals surface area contributed by atoms with E-state index in [0.717, 1.165) is 19.6 Å². The molecule has 2 heterocycles. The van der Waals surface area contributed by atoms with Gasteiger partial charge in [0.15, 0.2) is 0 Å². The molecule has 25 heavy (non-hydrogen) atoms. The van der Waals surface area contributed by atoms with Crippen LogP contribution in [-0.2, 0) is 4.79 Å². The van der Waals surface area contributed by atoms with Crippen LogP contribution in [0.1, 0.15) is 32.1 Å². The van der Waals surface area contributed by atoms with E-state index in [9.17, 15) is 14.9 Å². The normalized spacial score (nSPS) is 22.0. The van der Waals surface area contributed by atoms with Gasteiger partial charge >= 0.3 is 0 Å². The van der Waals surface area contributed by atoms with Gasteiger partial charge in [-0.3, -0.25) is 19.8 Å². The van der Waals surface area contributed by atoms with Crippen molar-refractivity contribution >= 4 is 17.3 Å². The van der Waals surface area contributed by atoms with Gasteiger partial charge in [-0.25, -0.2) is 0 Å². The fraction of sp³-hybridized carbons (Fsp3) is 0.611. The summed E-state index contributed by atoms with van der Waals surface area (Å²) in [6.45, 7) is 5.33. The second kappa shape index (κ2) is 8.40. The Hall–Kier alpha value is -1.99. The number of nitro groups is 1. The zero-order chi connectivity index (χ0) is 17.6. The highest BCUT2D eigenvalue weighted by Gasteiger charge is 2.27. The van der Waals surface area contributed by atoms with Gasteiger partial charge in [0.25, 0.3) is 5.69 Å². The van der Waals surface area contributed by atoms with Crippen molar-refractivity contribution in [3.63, 3.8) is 0 Å². The van der Waals surface area contributed by atoms with Crippen LogP contribution in [0.4, 0.5) is 11.4 Å². The zero-order valence-corrected chi connectivity index (χ0v) is 14.5. The molecule has 0 aliphatic carbocycles. The summed E-state index contributed by atoms with van der Waals surface area (Å²) in [5, 5.41) is 13.5. The van der Waals surface area contributed by atoms with E-state index in [0.29, 0.717) is 18.2 Å². The fourth-order valence-corrected chi connectivity index (χ4v) is 3.79. The highest BCUT2D eigenvalue weighted by atomic mass is 16.6. The van der Waals surface area contributed by atoms with Gasteiger partial charge in [0.2, 0.25) is 5.91 Å². The average Bonchev–Trinajstić information content (AvgIpc) is 3.15. The van der Waals surface area contributed by atoms with Crippen molar-refractivity contribution in [1.29, 1.82) is 0 Å². The lowest BCUT2D eigenvalue weighted by atomic mass is 10.0. The third kappa shape index (κ3) is 4.99. The summed E-state index contributed by atoms with van der Waals surface area (Å²) in [4.78, 5) is 27.3. The number of piperidine rings is 1. The Morgan fingerprint density at radius 2 is 1.88 bits per heavy atom. The molecule has 1 N–H and O–H groups in total. The highest BCUT2D eigenvalue weighted by molar-refractivity contribution is 5.90. The molecule has 3 rings (SSSR count). The molecule has 1 amide bonds. The summed E-state index contributed by atoms with van der Waals surface area (Å²) >= 11 is 0. The molecule has 0 bridgehead atoms. The SMILES string of the molecule is O=C(CCN1CCCC(N2CCCC2)C1)Nc1ccc([N+](=O)[O-])cc1. The second-order valence-electron chi connectivity index (χ2n) is 6.94. The van der Waals surface area contributed by atoms with Crippen LogP contribution in [0.15, 0.2) is 24.3 Å². The number of amides is 1. The first-order chi connectivity index (χ1) is 12.1. The minimum Gasteiger partial charge on any atom is -0.326 e. The summed E-state index contributed by atoms with van der Waals surface area (Å²) < 4.78 is 0. The fourth-order valence-electron chi connectivity index (χ4n) is 3.79. The highest BCUT2D eigenvalue weighted by Crippen LogP contribution is 2.21. The topological polar surface area (TPSA) is 78.7 Å². The number of nitro benzene ring substituents is 1. The van der Waals surface area contributed by atoms with Gasteiger partial charge in [-0.05, 0) is 57.5 Å². The van der Waals surface area contributed by atoms with E-state index in [1.165, 1.54) is 50.9 Å². The van der Waals surface area contributed by atoms with Crippen molar-refractivity contribution in [2.24, 2.45) is 0 Å². The van der Waals surface area contributed by atoms with E-state index in [1.807, 2.05) is 0 Å². The van der Waals surface area contributed by atoms with Crippen molar-refractivity contribution in [3.8, 4) is 0 Å². The maximum atomic E-state index is 12.1. The number of anilines is 1. The third-order valence-electron chi connectivity index (χ3n) is 5.15. The van der Waals surface area contributed by atoms with Gasteiger partial charge in [-0.1, -0.05) is 0 Å². The van der Waals surface area contributed by atoms with Gasteiger partial charge in [-0.15, -0.1) is 0 Å². The van der Waals surface area contributed by atoms with Crippen LogP contribution in [0.3, 0.4) is 0 Å². The van der Waals surface area contributed by atoms with Crippen molar-refractivity contribution in [2.45, 2.75) is 38.1 Å². The smallest absolute Gasteiger partial charge is 0.269 e. The quantitative estimate of drug-likeness (QED) is 0.632. The number of hydrogen-bond acceptors (Lipinski definition) is 5. The van der Waals surface area contributed by atoms with Gasteiger partial charge in [0, 0.05) is 43.4 Å². The Labute approximate surface area is 148 Å².